The molecule has 8 aromatic carbocycles. The minimum Gasteiger partial charge on any atom is -0.310 e. The van der Waals surface area contributed by atoms with Crippen LogP contribution in [0.3, 0.4) is 0 Å². The van der Waals surface area contributed by atoms with Crippen LogP contribution in [-0.4, -0.2) is 0 Å². The second-order valence-corrected chi connectivity index (χ2v) is 20.7. The molecule has 0 saturated carbocycles. The molecule has 0 N–H and O–H groups in total. The second kappa shape index (κ2) is 14.1. The minimum absolute atomic E-state index is 0.0400. The quantitative estimate of drug-likeness (QED) is 0.165. The number of hydrogen-bond donors (Lipinski definition) is 0. The predicted molar refractivity (Wildman–Crippen MR) is 266 cm³/mol. The lowest BCUT2D eigenvalue weighted by Gasteiger charge is -2.33. The van der Waals surface area contributed by atoms with Gasteiger partial charge in [-0.1, -0.05) is 178 Å². The number of nitrogens with zero attached hydrogens (tertiary/aromatic N) is 2. The van der Waals surface area contributed by atoms with E-state index < -0.39 is 0 Å². The first-order valence-electron chi connectivity index (χ1n) is 22.4. The molecular weight excluding hydrogens is 749 g/mol. The molecule has 8 aromatic rings. The Hall–Kier alpha value is -6.38. The SMILES string of the molecule is CC(C)(C)c1ccc(N(c2ccccc2)c2ccc3c(c2)C(C)(C)c2cc4c(c(N(c5ccccc5)c5ccc(C(C)(C)C)cc5)c2-3)-c2ccc3ccccc3c2C4(C)C)cc1. The summed E-state index contributed by atoms with van der Waals surface area (Å²) in [5, 5.41) is 2.62. The summed E-state index contributed by atoms with van der Waals surface area (Å²) in [5.74, 6) is 0. The Morgan fingerprint density at radius 3 is 1.40 bits per heavy atom. The van der Waals surface area contributed by atoms with Gasteiger partial charge in [0.1, 0.15) is 0 Å². The molecule has 2 aliphatic rings. The van der Waals surface area contributed by atoms with Crippen LogP contribution in [0.4, 0.5) is 34.1 Å². The van der Waals surface area contributed by atoms with Crippen molar-refractivity contribution in [2.75, 3.05) is 9.80 Å². The molecule has 308 valence electrons. The van der Waals surface area contributed by atoms with Gasteiger partial charge in [0.2, 0.25) is 0 Å². The van der Waals surface area contributed by atoms with Crippen molar-refractivity contribution in [3.63, 3.8) is 0 Å². The van der Waals surface area contributed by atoms with Crippen LogP contribution in [0.2, 0.25) is 0 Å². The van der Waals surface area contributed by atoms with Crippen LogP contribution in [0.15, 0.2) is 170 Å². The summed E-state index contributed by atoms with van der Waals surface area (Å²) in [6.45, 7) is 23.5. The summed E-state index contributed by atoms with van der Waals surface area (Å²) >= 11 is 0. The normalized spacial score (nSPS) is 14.5. The van der Waals surface area contributed by atoms with Gasteiger partial charge in [-0.15, -0.1) is 0 Å². The van der Waals surface area contributed by atoms with Gasteiger partial charge in [0, 0.05) is 50.4 Å². The van der Waals surface area contributed by atoms with Crippen molar-refractivity contribution in [1.29, 1.82) is 0 Å². The summed E-state index contributed by atoms with van der Waals surface area (Å²) < 4.78 is 0. The van der Waals surface area contributed by atoms with E-state index in [1.54, 1.807) is 0 Å². The molecule has 2 heteroatoms. The van der Waals surface area contributed by atoms with Gasteiger partial charge in [-0.3, -0.25) is 0 Å². The van der Waals surface area contributed by atoms with Crippen molar-refractivity contribution < 1.29 is 0 Å². The van der Waals surface area contributed by atoms with Crippen molar-refractivity contribution in [2.45, 2.75) is 90.9 Å². The maximum atomic E-state index is 2.59. The lowest BCUT2D eigenvalue weighted by atomic mass is 9.76. The van der Waals surface area contributed by atoms with Crippen LogP contribution in [0.25, 0.3) is 33.0 Å². The number of benzene rings is 8. The molecule has 0 fully saturated rings. The van der Waals surface area contributed by atoms with Gasteiger partial charge in [0.25, 0.3) is 0 Å². The number of para-hydroxylation sites is 2. The highest BCUT2D eigenvalue weighted by Gasteiger charge is 2.46. The average Bonchev–Trinajstić information content (AvgIpc) is 3.63. The highest BCUT2D eigenvalue weighted by Crippen LogP contribution is 2.64. The summed E-state index contributed by atoms with van der Waals surface area (Å²) in [7, 11) is 0. The number of rotatable bonds is 6. The standard InChI is InChI=1S/C60H58N2/c1-57(2,3)40-26-30-44(31-27-40)61(42-20-13-11-14-21-42)46-34-36-48-50(37-46)59(7,8)51-38-52-54(49-35-25-39-19-17-18-24-47(39)55(49)60(52,9)10)56(53(48)51)62(43-22-15-12-16-23-43)45-32-28-41(29-33-45)58(4,5)6/h11-38H,1-10H3. The molecule has 62 heavy (non-hydrogen) atoms. The Morgan fingerprint density at radius 1 is 0.371 bits per heavy atom. The van der Waals surface area contributed by atoms with E-state index in [2.05, 4.69) is 249 Å². The van der Waals surface area contributed by atoms with Crippen molar-refractivity contribution in [3.8, 4) is 22.3 Å². The zero-order chi connectivity index (χ0) is 43.3. The van der Waals surface area contributed by atoms with Crippen LogP contribution in [-0.2, 0) is 21.7 Å². The van der Waals surface area contributed by atoms with E-state index >= 15 is 0 Å². The lowest BCUT2D eigenvalue weighted by Crippen LogP contribution is -2.21. The van der Waals surface area contributed by atoms with Crippen LogP contribution >= 0.6 is 0 Å². The Morgan fingerprint density at radius 2 is 0.823 bits per heavy atom. The summed E-state index contributed by atoms with van der Waals surface area (Å²) in [6.07, 6.45) is 0. The van der Waals surface area contributed by atoms with E-state index in [1.165, 1.54) is 72.1 Å². The molecule has 0 unspecified atom stereocenters. The minimum atomic E-state index is -0.297. The number of anilines is 6. The maximum absolute atomic E-state index is 2.59. The molecular formula is C60H58N2. The third-order valence-corrected chi connectivity index (χ3v) is 13.9. The third-order valence-electron chi connectivity index (χ3n) is 13.9. The van der Waals surface area contributed by atoms with Gasteiger partial charge < -0.3 is 9.80 Å². The first-order valence-corrected chi connectivity index (χ1v) is 22.4. The van der Waals surface area contributed by atoms with E-state index in [0.717, 1.165) is 28.4 Å². The van der Waals surface area contributed by atoms with Crippen LogP contribution in [0, 0.1) is 0 Å². The fourth-order valence-corrected chi connectivity index (χ4v) is 10.5. The highest BCUT2D eigenvalue weighted by molar-refractivity contribution is 6.09. The smallest absolute Gasteiger partial charge is 0.0624 e. The van der Waals surface area contributed by atoms with E-state index in [4.69, 9.17) is 0 Å². The predicted octanol–water partition coefficient (Wildman–Crippen LogP) is 17.0. The Labute approximate surface area is 369 Å². The zero-order valence-corrected chi connectivity index (χ0v) is 38.1. The lowest BCUT2D eigenvalue weighted by molar-refractivity contribution is 0.590. The number of fused-ring (bicyclic) bond motifs is 8. The fraction of sp³-hybridized carbons (Fsp3) is 0.233. The molecule has 0 spiro atoms. The molecule has 0 radical (unpaired) electrons. The van der Waals surface area contributed by atoms with Crippen molar-refractivity contribution in [3.05, 3.63) is 203 Å². The Kier molecular flexibility index (Phi) is 9.02. The topological polar surface area (TPSA) is 6.48 Å². The first-order chi connectivity index (χ1) is 29.5. The Bertz CT molecular complexity index is 2990. The second-order valence-electron chi connectivity index (χ2n) is 20.7. The maximum Gasteiger partial charge on any atom is 0.0624 e. The van der Waals surface area contributed by atoms with E-state index in [1.807, 2.05) is 0 Å². The molecule has 2 aliphatic carbocycles. The van der Waals surface area contributed by atoms with Crippen LogP contribution in [0.1, 0.15) is 103 Å². The molecule has 0 saturated heterocycles. The highest BCUT2D eigenvalue weighted by atomic mass is 15.2. The fourth-order valence-electron chi connectivity index (χ4n) is 10.5. The molecule has 0 heterocycles. The summed E-state index contributed by atoms with van der Waals surface area (Å²) in [5.41, 5.74) is 20.0. The van der Waals surface area contributed by atoms with Crippen molar-refractivity contribution in [2.24, 2.45) is 0 Å². The molecule has 10 rings (SSSR count). The molecule has 0 bridgehead atoms. The van der Waals surface area contributed by atoms with E-state index in [9.17, 15) is 0 Å². The Balaban J connectivity index is 1.27. The average molecular weight is 807 g/mol. The first kappa shape index (κ1) is 39.7. The number of hydrogen-bond acceptors (Lipinski definition) is 2. The van der Waals surface area contributed by atoms with Gasteiger partial charge in [0.15, 0.2) is 0 Å². The molecule has 2 nitrogen and oxygen atoms in total. The van der Waals surface area contributed by atoms with Crippen LogP contribution in [0.5, 0.6) is 0 Å². The van der Waals surface area contributed by atoms with Crippen LogP contribution < -0.4 is 9.80 Å². The molecule has 0 amide bonds. The van der Waals surface area contributed by atoms with Crippen molar-refractivity contribution in [1.82, 2.24) is 0 Å². The van der Waals surface area contributed by atoms with E-state index in [-0.39, 0.29) is 21.7 Å². The molecule has 0 aliphatic heterocycles. The summed E-state index contributed by atoms with van der Waals surface area (Å²) in [6, 6.07) is 63.9. The molecule has 0 aromatic heterocycles. The van der Waals surface area contributed by atoms with Gasteiger partial charge in [-0.25, -0.2) is 0 Å². The van der Waals surface area contributed by atoms with Gasteiger partial charge in [-0.05, 0) is 127 Å². The van der Waals surface area contributed by atoms with Gasteiger partial charge >= 0.3 is 0 Å². The molecule has 0 atom stereocenters. The monoisotopic (exact) mass is 806 g/mol. The van der Waals surface area contributed by atoms with Gasteiger partial charge in [0.05, 0.1) is 5.69 Å². The summed E-state index contributed by atoms with van der Waals surface area (Å²) in [4.78, 5) is 4.99. The van der Waals surface area contributed by atoms with Crippen molar-refractivity contribution >= 4 is 44.9 Å². The third kappa shape index (κ3) is 6.21. The van der Waals surface area contributed by atoms with Gasteiger partial charge in [-0.2, -0.15) is 0 Å². The van der Waals surface area contributed by atoms with E-state index in [0.29, 0.717) is 0 Å². The zero-order valence-electron chi connectivity index (χ0n) is 38.1. The largest absolute Gasteiger partial charge is 0.310 e.